The van der Waals surface area contributed by atoms with Crippen molar-refractivity contribution in [1.82, 2.24) is 5.32 Å². The number of nitrogens with one attached hydrogen (secondary N) is 2. The van der Waals surface area contributed by atoms with E-state index >= 15 is 0 Å². The Morgan fingerprint density at radius 3 is 2.60 bits per heavy atom. The Morgan fingerprint density at radius 1 is 1.70 bits per heavy atom. The predicted octanol–water partition coefficient (Wildman–Crippen LogP) is 1.84. The fourth-order valence-corrected chi connectivity index (χ4v) is 1.09. The van der Waals surface area contributed by atoms with Gasteiger partial charge >= 0.3 is 0 Å². The first kappa shape index (κ1) is 9.56. The zero-order valence-corrected chi connectivity index (χ0v) is 7.51. The largest absolute Gasteiger partial charge is 0.386 e. The second-order valence-electron chi connectivity index (χ2n) is 1.85. The van der Waals surface area contributed by atoms with Gasteiger partial charge in [-0.15, -0.1) is 11.8 Å². The van der Waals surface area contributed by atoms with Gasteiger partial charge in [0.05, 0.1) is 11.4 Å². The van der Waals surface area contributed by atoms with E-state index in [1.54, 1.807) is 11.8 Å². The molecule has 10 heavy (non-hydrogen) atoms. The van der Waals surface area contributed by atoms with Gasteiger partial charge in [-0.1, -0.05) is 6.92 Å². The summed E-state index contributed by atoms with van der Waals surface area (Å²) in [5, 5.41) is 12.4. The summed E-state index contributed by atoms with van der Waals surface area (Å²) >= 11 is 1.61. The van der Waals surface area contributed by atoms with E-state index in [0.717, 1.165) is 12.1 Å². The standard InChI is InChI=1S/C7H14N2S/c1-4-6(8)7(9-2)5-10-3/h5,8-9H,4H2,1-3H3/b7-5+,8-6?. The Labute approximate surface area is 66.6 Å². The lowest BCUT2D eigenvalue weighted by Crippen LogP contribution is -2.13. The van der Waals surface area contributed by atoms with Crippen LogP contribution >= 0.6 is 11.8 Å². The van der Waals surface area contributed by atoms with Crippen LogP contribution in [-0.4, -0.2) is 19.0 Å². The van der Waals surface area contributed by atoms with E-state index in [1.165, 1.54) is 0 Å². The molecule has 0 aliphatic rings. The molecule has 0 saturated carbocycles. The first-order chi connectivity index (χ1) is 4.76. The van der Waals surface area contributed by atoms with Crippen LogP contribution in [-0.2, 0) is 0 Å². The maximum Gasteiger partial charge on any atom is 0.0612 e. The van der Waals surface area contributed by atoms with Gasteiger partial charge in [0.2, 0.25) is 0 Å². The molecule has 0 bridgehead atoms. The summed E-state index contributed by atoms with van der Waals surface area (Å²) in [6.45, 7) is 1.98. The van der Waals surface area contributed by atoms with Crippen molar-refractivity contribution in [3.8, 4) is 0 Å². The lowest BCUT2D eigenvalue weighted by atomic mass is 10.2. The number of rotatable bonds is 4. The van der Waals surface area contributed by atoms with Gasteiger partial charge in [-0.3, -0.25) is 0 Å². The Kier molecular flexibility index (Phi) is 5.12. The van der Waals surface area contributed by atoms with Gasteiger partial charge in [0.15, 0.2) is 0 Å². The van der Waals surface area contributed by atoms with Crippen molar-refractivity contribution in [3.63, 3.8) is 0 Å². The van der Waals surface area contributed by atoms with Crippen LogP contribution in [0.2, 0.25) is 0 Å². The monoisotopic (exact) mass is 158 g/mol. The molecule has 0 aliphatic carbocycles. The van der Waals surface area contributed by atoms with E-state index in [2.05, 4.69) is 5.32 Å². The molecule has 0 unspecified atom stereocenters. The highest BCUT2D eigenvalue weighted by molar-refractivity contribution is 8.01. The Bertz CT molecular complexity index is 141. The van der Waals surface area contributed by atoms with Gasteiger partial charge in [0, 0.05) is 7.05 Å². The van der Waals surface area contributed by atoms with Crippen LogP contribution in [0.25, 0.3) is 0 Å². The molecule has 0 aromatic heterocycles. The average Bonchev–Trinajstić information content (AvgIpc) is 1.99. The summed E-state index contributed by atoms with van der Waals surface area (Å²) in [6.07, 6.45) is 2.77. The maximum atomic E-state index is 7.45. The molecule has 0 spiro atoms. The normalized spacial score (nSPS) is 11.3. The van der Waals surface area contributed by atoms with Crippen molar-refractivity contribution in [3.05, 3.63) is 11.1 Å². The Morgan fingerprint density at radius 2 is 2.30 bits per heavy atom. The molecule has 0 rings (SSSR count). The summed E-state index contributed by atoms with van der Waals surface area (Å²) in [5.74, 6) is 0. The summed E-state index contributed by atoms with van der Waals surface area (Å²) in [7, 11) is 1.84. The zero-order valence-electron chi connectivity index (χ0n) is 6.69. The average molecular weight is 158 g/mol. The van der Waals surface area contributed by atoms with E-state index in [0.29, 0.717) is 5.71 Å². The molecule has 0 radical (unpaired) electrons. The van der Waals surface area contributed by atoms with Gasteiger partial charge in [0.25, 0.3) is 0 Å². The molecule has 2 nitrogen and oxygen atoms in total. The molecule has 0 heterocycles. The lowest BCUT2D eigenvalue weighted by molar-refractivity contribution is 1.03. The number of hydrogen-bond donors (Lipinski definition) is 2. The summed E-state index contributed by atoms with van der Waals surface area (Å²) in [6, 6.07) is 0. The van der Waals surface area contributed by atoms with E-state index in [4.69, 9.17) is 5.41 Å². The highest BCUT2D eigenvalue weighted by Gasteiger charge is 1.97. The van der Waals surface area contributed by atoms with E-state index in [1.807, 2.05) is 25.6 Å². The van der Waals surface area contributed by atoms with Gasteiger partial charge in [-0.2, -0.15) is 0 Å². The van der Waals surface area contributed by atoms with Crippen LogP contribution in [0.1, 0.15) is 13.3 Å². The second-order valence-corrected chi connectivity index (χ2v) is 2.56. The fraction of sp³-hybridized carbons (Fsp3) is 0.571. The highest BCUT2D eigenvalue weighted by atomic mass is 32.2. The van der Waals surface area contributed by atoms with Crippen molar-refractivity contribution < 1.29 is 0 Å². The second kappa shape index (κ2) is 5.35. The minimum absolute atomic E-state index is 0.664. The third-order valence-electron chi connectivity index (χ3n) is 1.18. The van der Waals surface area contributed by atoms with Gasteiger partial charge < -0.3 is 10.7 Å². The van der Waals surface area contributed by atoms with Crippen LogP contribution in [0, 0.1) is 5.41 Å². The van der Waals surface area contributed by atoms with Crippen molar-refractivity contribution in [2.45, 2.75) is 13.3 Å². The van der Waals surface area contributed by atoms with E-state index < -0.39 is 0 Å². The zero-order chi connectivity index (χ0) is 7.98. The molecule has 3 heteroatoms. The quantitative estimate of drug-likeness (QED) is 0.612. The van der Waals surface area contributed by atoms with Crippen LogP contribution in [0.15, 0.2) is 11.1 Å². The first-order valence-electron chi connectivity index (χ1n) is 3.24. The fourth-order valence-electron chi connectivity index (χ4n) is 0.589. The maximum absolute atomic E-state index is 7.45. The van der Waals surface area contributed by atoms with Crippen molar-refractivity contribution in [2.24, 2.45) is 0 Å². The summed E-state index contributed by atoms with van der Waals surface area (Å²) in [4.78, 5) is 0. The number of hydrogen-bond acceptors (Lipinski definition) is 3. The Hall–Kier alpha value is -0.440. The van der Waals surface area contributed by atoms with Crippen molar-refractivity contribution in [1.29, 1.82) is 5.41 Å². The molecule has 0 aromatic rings. The third kappa shape index (κ3) is 2.92. The van der Waals surface area contributed by atoms with E-state index in [-0.39, 0.29) is 0 Å². The first-order valence-corrected chi connectivity index (χ1v) is 4.53. The molecular formula is C7H14N2S. The van der Waals surface area contributed by atoms with Crippen LogP contribution in [0.4, 0.5) is 0 Å². The summed E-state index contributed by atoms with van der Waals surface area (Å²) in [5.41, 5.74) is 1.59. The summed E-state index contributed by atoms with van der Waals surface area (Å²) < 4.78 is 0. The predicted molar refractivity (Wildman–Crippen MR) is 48.7 cm³/mol. The molecule has 58 valence electrons. The van der Waals surface area contributed by atoms with Crippen LogP contribution < -0.4 is 5.32 Å². The van der Waals surface area contributed by atoms with Crippen molar-refractivity contribution >= 4 is 17.5 Å². The minimum atomic E-state index is 0.664. The molecule has 0 aliphatic heterocycles. The number of allylic oxidation sites excluding steroid dienone is 1. The van der Waals surface area contributed by atoms with Crippen molar-refractivity contribution in [2.75, 3.05) is 13.3 Å². The molecule has 0 atom stereocenters. The topological polar surface area (TPSA) is 35.9 Å². The smallest absolute Gasteiger partial charge is 0.0612 e. The lowest BCUT2D eigenvalue weighted by Gasteiger charge is -2.04. The highest BCUT2D eigenvalue weighted by Crippen LogP contribution is 2.02. The molecule has 2 N–H and O–H groups in total. The molecule has 0 fully saturated rings. The van der Waals surface area contributed by atoms with Crippen LogP contribution in [0.5, 0.6) is 0 Å². The SMILES string of the molecule is CCC(=N)/C(=C\SC)NC. The van der Waals surface area contributed by atoms with Gasteiger partial charge in [0.1, 0.15) is 0 Å². The molecule has 0 aromatic carbocycles. The molecular weight excluding hydrogens is 144 g/mol. The van der Waals surface area contributed by atoms with Gasteiger partial charge in [-0.05, 0) is 18.1 Å². The molecule has 0 amide bonds. The Balaban J connectivity index is 4.06. The third-order valence-corrected chi connectivity index (χ3v) is 1.66. The minimum Gasteiger partial charge on any atom is -0.386 e. The van der Waals surface area contributed by atoms with Crippen LogP contribution in [0.3, 0.4) is 0 Å². The van der Waals surface area contributed by atoms with Gasteiger partial charge in [-0.25, -0.2) is 0 Å². The molecule has 0 saturated heterocycles. The van der Waals surface area contributed by atoms with E-state index in [9.17, 15) is 0 Å². The number of thioether (sulfide) groups is 1.